The van der Waals surface area contributed by atoms with E-state index in [1.165, 1.54) is 25.7 Å². The molecule has 0 aromatic rings. The number of aliphatic hydroxyl groups is 1. The van der Waals surface area contributed by atoms with Gasteiger partial charge < -0.3 is 34.0 Å². The first-order valence-electron chi connectivity index (χ1n) is 21.8. The van der Waals surface area contributed by atoms with E-state index in [4.69, 9.17) is 28.5 Å². The van der Waals surface area contributed by atoms with Crippen molar-refractivity contribution >= 4 is 27.6 Å². The molecule has 3 unspecified atom stereocenters. The van der Waals surface area contributed by atoms with Gasteiger partial charge in [0.05, 0.1) is 32.0 Å². The summed E-state index contributed by atoms with van der Waals surface area (Å²) in [5.74, 6) is -1.15. The fraction of sp³-hybridized carbons (Fsp3) is 0.682. The van der Waals surface area contributed by atoms with Crippen molar-refractivity contribution in [1.82, 2.24) is 0 Å². The summed E-state index contributed by atoms with van der Waals surface area (Å²) in [4.78, 5) is 52.6. The van der Waals surface area contributed by atoms with Gasteiger partial charge in [-0.25, -0.2) is 9.13 Å². The zero-order chi connectivity index (χ0) is 44.2. The first kappa shape index (κ1) is 55.5. The van der Waals surface area contributed by atoms with Crippen LogP contribution in [0.5, 0.6) is 0 Å². The summed E-state index contributed by atoms with van der Waals surface area (Å²) in [5, 5.41) is 9.74. The van der Waals surface area contributed by atoms with E-state index in [1.54, 1.807) is 0 Å². The number of esters is 2. The van der Waals surface area contributed by atoms with E-state index in [1.807, 2.05) is 18.2 Å². The molecule has 0 radical (unpaired) electrons. The fourth-order valence-electron chi connectivity index (χ4n) is 5.58. The molecule has 1 aliphatic rings. The van der Waals surface area contributed by atoms with E-state index in [2.05, 4.69) is 77.6 Å². The largest absolute Gasteiger partial charge is 0.472 e. The van der Waals surface area contributed by atoms with Crippen molar-refractivity contribution in [2.45, 2.75) is 167 Å². The minimum Gasteiger partial charge on any atom is -0.462 e. The second kappa shape index (κ2) is 36.0. The molecule has 0 saturated carbocycles. The van der Waals surface area contributed by atoms with Crippen LogP contribution in [0.25, 0.3) is 0 Å². The van der Waals surface area contributed by atoms with E-state index in [-0.39, 0.29) is 12.8 Å². The van der Waals surface area contributed by atoms with E-state index >= 15 is 0 Å². The number of allylic oxidation sites excluding steroid dienone is 10. The molecule has 60 heavy (non-hydrogen) atoms. The van der Waals surface area contributed by atoms with E-state index < -0.39 is 66.2 Å². The molecule has 344 valence electrons. The average Bonchev–Trinajstić information content (AvgIpc) is 3.96. The fourth-order valence-corrected chi connectivity index (χ4v) is 6.74. The van der Waals surface area contributed by atoms with Crippen LogP contribution in [0, 0.1) is 0 Å². The maximum atomic E-state index is 12.6. The molecule has 0 aromatic carbocycles. The SMILES string of the molecule is CC/C=C\CC1OC1C/C=C\C/C=C\C/C=C\C/C=C\CCC(=O)O[C@H](COC(=O)CCCCCCC/C=C\CCCCCC)COP(=O)(O)OC[C@@H](O)COP(=O)(O)O. The third kappa shape index (κ3) is 36.2. The summed E-state index contributed by atoms with van der Waals surface area (Å²) in [7, 11) is -9.71. The van der Waals surface area contributed by atoms with Crippen LogP contribution in [0.15, 0.2) is 72.9 Å². The lowest BCUT2D eigenvalue weighted by Gasteiger charge is -2.20. The van der Waals surface area contributed by atoms with E-state index in [0.29, 0.717) is 31.5 Å². The summed E-state index contributed by atoms with van der Waals surface area (Å²) >= 11 is 0. The highest BCUT2D eigenvalue weighted by molar-refractivity contribution is 7.47. The van der Waals surface area contributed by atoms with Gasteiger partial charge in [-0.1, -0.05) is 125 Å². The highest BCUT2D eigenvalue weighted by Crippen LogP contribution is 2.44. The molecule has 1 aliphatic heterocycles. The Kier molecular flexibility index (Phi) is 33.4. The molecule has 1 heterocycles. The van der Waals surface area contributed by atoms with Crippen LogP contribution in [0.3, 0.4) is 0 Å². The van der Waals surface area contributed by atoms with Crippen LogP contribution < -0.4 is 0 Å². The van der Waals surface area contributed by atoms with Gasteiger partial charge in [0.25, 0.3) is 0 Å². The molecule has 0 aromatic heterocycles. The van der Waals surface area contributed by atoms with Crippen molar-refractivity contribution in [1.29, 1.82) is 0 Å². The minimum absolute atomic E-state index is 0.00184. The molecular weight excluding hydrogens is 814 g/mol. The number of carbonyl (C=O) groups is 2. The van der Waals surface area contributed by atoms with Gasteiger partial charge in [-0.2, -0.15) is 0 Å². The molecule has 1 saturated heterocycles. The predicted molar refractivity (Wildman–Crippen MR) is 234 cm³/mol. The molecular formula is C44H74O14P2. The van der Waals surface area contributed by atoms with Gasteiger partial charge in [0, 0.05) is 12.8 Å². The van der Waals surface area contributed by atoms with Crippen molar-refractivity contribution < 1.29 is 66.3 Å². The summed E-state index contributed by atoms with van der Waals surface area (Å²) in [6.07, 6.45) is 40.9. The van der Waals surface area contributed by atoms with Gasteiger partial charge in [-0.15, -0.1) is 0 Å². The molecule has 5 atom stereocenters. The second-order valence-corrected chi connectivity index (χ2v) is 17.3. The van der Waals surface area contributed by atoms with Crippen LogP contribution in [-0.2, 0) is 46.5 Å². The van der Waals surface area contributed by atoms with Crippen LogP contribution in [-0.4, -0.2) is 82.6 Å². The van der Waals surface area contributed by atoms with E-state index in [9.17, 15) is 28.7 Å². The quantitative estimate of drug-likeness (QED) is 0.0149. The van der Waals surface area contributed by atoms with Gasteiger partial charge in [0.15, 0.2) is 6.10 Å². The van der Waals surface area contributed by atoms with Gasteiger partial charge in [0.2, 0.25) is 0 Å². The maximum Gasteiger partial charge on any atom is 0.472 e. The number of phosphoric ester groups is 2. The Morgan fingerprint density at radius 3 is 1.72 bits per heavy atom. The van der Waals surface area contributed by atoms with Gasteiger partial charge in [-0.05, 0) is 77.0 Å². The summed E-state index contributed by atoms with van der Waals surface area (Å²) in [6, 6.07) is 0. The minimum atomic E-state index is -4.87. The highest BCUT2D eigenvalue weighted by Gasteiger charge is 2.36. The highest BCUT2D eigenvalue weighted by atomic mass is 31.2. The standard InChI is InChI=1S/C44H74O14P2/c1-3-5-7-8-9-10-11-12-16-19-22-25-29-33-43(46)53-37-40(38-56-60(51,52)55-36-39(45)35-54-59(48,49)50)57-44(47)34-30-26-23-20-17-14-13-15-18-21-24-28-32-42-41(58-42)31-27-6-4-2/h6,10-11,14-15,17-18,23-24,26-28,39-42,45H,3-5,7-9,12-13,16,19-22,25,29-38H2,1-2H3,(H,51,52)(H2,48,49,50)/b11-10-,17-14-,18-15-,26-23-,27-6-,28-24-/t39-,40+,41?,42?/m0/s1. The maximum absolute atomic E-state index is 12.6. The topological polar surface area (TPSA) is 208 Å². The Morgan fingerprint density at radius 2 is 1.10 bits per heavy atom. The van der Waals surface area contributed by atoms with Gasteiger partial charge in [-0.3, -0.25) is 23.2 Å². The molecule has 0 amide bonds. The number of phosphoric acid groups is 2. The number of ether oxygens (including phenoxy) is 3. The third-order valence-corrected chi connectivity index (χ3v) is 10.4. The Bertz CT molecular complexity index is 1400. The molecule has 16 heteroatoms. The van der Waals surface area contributed by atoms with Crippen LogP contribution in [0.2, 0.25) is 0 Å². The lowest BCUT2D eigenvalue weighted by molar-refractivity contribution is -0.161. The van der Waals surface area contributed by atoms with Gasteiger partial charge >= 0.3 is 27.6 Å². The lowest BCUT2D eigenvalue weighted by Crippen LogP contribution is -2.29. The molecule has 4 N–H and O–H groups in total. The summed E-state index contributed by atoms with van der Waals surface area (Å²) < 4.78 is 53.3. The molecule has 0 spiro atoms. The number of carbonyl (C=O) groups excluding carboxylic acids is 2. The summed E-state index contributed by atoms with van der Waals surface area (Å²) in [5.41, 5.74) is 0. The predicted octanol–water partition coefficient (Wildman–Crippen LogP) is 9.99. The molecule has 14 nitrogen and oxygen atoms in total. The van der Waals surface area contributed by atoms with Crippen LogP contribution in [0.1, 0.15) is 142 Å². The number of epoxide rings is 1. The van der Waals surface area contributed by atoms with Crippen molar-refractivity contribution in [2.24, 2.45) is 0 Å². The number of aliphatic hydroxyl groups excluding tert-OH is 1. The summed E-state index contributed by atoms with van der Waals surface area (Å²) in [6.45, 7) is 1.51. The van der Waals surface area contributed by atoms with Gasteiger partial charge in [0.1, 0.15) is 12.7 Å². The van der Waals surface area contributed by atoms with E-state index in [0.717, 1.165) is 70.6 Å². The third-order valence-electron chi connectivity index (χ3n) is 8.98. The number of unbranched alkanes of at least 4 members (excludes halogenated alkanes) is 9. The monoisotopic (exact) mass is 888 g/mol. The number of hydrogen-bond acceptors (Lipinski definition) is 11. The zero-order valence-corrected chi connectivity index (χ0v) is 37.8. The Hall–Kier alpha value is -2.48. The lowest BCUT2D eigenvalue weighted by atomic mass is 10.1. The number of rotatable bonds is 39. The molecule has 0 bridgehead atoms. The smallest absolute Gasteiger partial charge is 0.462 e. The van der Waals surface area contributed by atoms with Crippen molar-refractivity contribution in [2.75, 3.05) is 26.4 Å². The Morgan fingerprint density at radius 1 is 0.583 bits per heavy atom. The normalized spacial score (nSPS) is 18.1. The van der Waals surface area contributed by atoms with Crippen LogP contribution in [0.4, 0.5) is 0 Å². The van der Waals surface area contributed by atoms with Crippen molar-refractivity contribution in [3.63, 3.8) is 0 Å². The zero-order valence-electron chi connectivity index (χ0n) is 36.0. The van der Waals surface area contributed by atoms with Crippen molar-refractivity contribution in [3.05, 3.63) is 72.9 Å². The second-order valence-electron chi connectivity index (χ2n) is 14.6. The van der Waals surface area contributed by atoms with Crippen LogP contribution >= 0.6 is 15.6 Å². The van der Waals surface area contributed by atoms with Crippen molar-refractivity contribution in [3.8, 4) is 0 Å². The first-order valence-corrected chi connectivity index (χ1v) is 24.8. The first-order chi connectivity index (χ1) is 28.8. The molecule has 0 aliphatic carbocycles. The average molecular weight is 889 g/mol. The molecule has 1 rings (SSSR count). The molecule has 1 fully saturated rings. The number of hydrogen-bond donors (Lipinski definition) is 4. The Balaban J connectivity index is 2.42. The Labute approximate surface area is 359 Å².